The predicted molar refractivity (Wildman–Crippen MR) is 144 cm³/mol. The van der Waals surface area contributed by atoms with Crippen molar-refractivity contribution >= 4 is 28.0 Å². The zero-order valence-corrected chi connectivity index (χ0v) is 25.0. The van der Waals surface area contributed by atoms with Gasteiger partial charge in [0.15, 0.2) is 18.3 Å². The Morgan fingerprint density at radius 2 is 1.29 bits per heavy atom. The average Bonchev–Trinajstić information content (AvgIpc) is 2.83. The molecule has 1 aliphatic rings. The van der Waals surface area contributed by atoms with Crippen molar-refractivity contribution in [3.05, 3.63) is 60.2 Å². The van der Waals surface area contributed by atoms with Crippen molar-refractivity contribution in [2.24, 2.45) is 0 Å². The average molecular weight is 596 g/mol. The van der Waals surface area contributed by atoms with Crippen LogP contribution < -0.4 is 4.74 Å². The third kappa shape index (κ3) is 11.5. The standard InChI is InChI=1S/C21H30NO8.C7H8O3S/c1-13(23)26-18-17(12-22(4,5)6)30-21(29-16-10-8-7-9-11-16)20(28-15(3)25)19(18)27-14(2)24;1-6-2-4-7(5-3-6)11(8,9)10/h7-11,17-21H,12H2,1-6H3;2-5H,1H3,(H,8,9,10)/q+1;/p-1/t17-,18-,19+,20-,21-;/m1./s1. The summed E-state index contributed by atoms with van der Waals surface area (Å²) in [7, 11) is 1.56. The molecule has 0 saturated carbocycles. The Kier molecular flexibility index (Phi) is 11.8. The van der Waals surface area contributed by atoms with E-state index in [1.807, 2.05) is 34.1 Å². The molecule has 1 heterocycles. The van der Waals surface area contributed by atoms with E-state index in [1.165, 1.54) is 32.9 Å². The van der Waals surface area contributed by atoms with Crippen LogP contribution in [0.2, 0.25) is 0 Å². The summed E-state index contributed by atoms with van der Waals surface area (Å²) in [5, 5.41) is 0. The van der Waals surface area contributed by atoms with E-state index in [-0.39, 0.29) is 4.90 Å². The quantitative estimate of drug-likeness (QED) is 0.191. The number of carbonyl (C=O) groups excluding carboxylic acids is 3. The highest BCUT2D eigenvalue weighted by Gasteiger charge is 2.54. The second-order valence-corrected chi connectivity index (χ2v) is 11.8. The minimum absolute atomic E-state index is 0.178. The number of quaternary nitrogens is 1. The molecule has 0 unspecified atom stereocenters. The van der Waals surface area contributed by atoms with E-state index in [4.69, 9.17) is 23.7 Å². The molecular weight excluding hydrogens is 558 g/mol. The van der Waals surface area contributed by atoms with Crippen LogP contribution >= 0.6 is 0 Å². The number of likely N-dealkylation sites (N-methyl/N-ethyl adjacent to an activating group) is 1. The Labute approximate surface area is 240 Å². The van der Waals surface area contributed by atoms with Crippen molar-refractivity contribution in [3.63, 3.8) is 0 Å². The maximum Gasteiger partial charge on any atom is 0.303 e. The molecule has 1 fully saturated rings. The zero-order valence-electron chi connectivity index (χ0n) is 24.1. The normalized spacial score (nSPS) is 22.4. The highest BCUT2D eigenvalue weighted by atomic mass is 32.2. The van der Waals surface area contributed by atoms with Crippen molar-refractivity contribution in [1.82, 2.24) is 0 Å². The monoisotopic (exact) mass is 595 g/mol. The first-order valence-corrected chi connectivity index (χ1v) is 14.1. The molecule has 2 aromatic carbocycles. The first-order valence-electron chi connectivity index (χ1n) is 12.7. The SMILES string of the molecule is CC(=O)O[C@@H]1[C@@H](OC(C)=O)[C@H](Oc2ccccc2)O[C@H](C[N+](C)(C)C)[C@H]1OC(C)=O.Cc1ccc(S(=O)(=O)[O-])cc1. The number of benzene rings is 2. The molecule has 0 N–H and O–H groups in total. The Morgan fingerprint density at radius 1 is 0.805 bits per heavy atom. The fourth-order valence-electron chi connectivity index (χ4n) is 3.97. The molecule has 12 nitrogen and oxygen atoms in total. The van der Waals surface area contributed by atoms with Gasteiger partial charge in [0.1, 0.15) is 22.4 Å². The second-order valence-electron chi connectivity index (χ2n) is 10.4. The van der Waals surface area contributed by atoms with Gasteiger partial charge in [-0.3, -0.25) is 14.4 Å². The summed E-state index contributed by atoms with van der Waals surface area (Å²) < 4.78 is 60.1. The fourth-order valence-corrected chi connectivity index (χ4v) is 4.44. The van der Waals surface area contributed by atoms with Crippen LogP contribution in [0.25, 0.3) is 0 Å². The fraction of sp³-hybridized carbons (Fsp3) is 0.464. The van der Waals surface area contributed by atoms with Gasteiger partial charge in [-0.05, 0) is 31.2 Å². The van der Waals surface area contributed by atoms with Crippen molar-refractivity contribution < 1.29 is 55.5 Å². The molecule has 13 heteroatoms. The van der Waals surface area contributed by atoms with E-state index in [0.29, 0.717) is 16.8 Å². The van der Waals surface area contributed by atoms with Crippen LogP contribution in [0, 0.1) is 6.92 Å². The first kappa shape index (κ1) is 33.7. The van der Waals surface area contributed by atoms with Crippen molar-refractivity contribution in [3.8, 4) is 5.75 Å². The van der Waals surface area contributed by atoms with Crippen LogP contribution in [-0.4, -0.2) is 93.8 Å². The largest absolute Gasteiger partial charge is 0.744 e. The highest BCUT2D eigenvalue weighted by Crippen LogP contribution is 2.31. The topological polar surface area (TPSA) is 155 Å². The van der Waals surface area contributed by atoms with Crippen LogP contribution in [0.5, 0.6) is 5.75 Å². The first-order chi connectivity index (χ1) is 19.0. The Morgan fingerprint density at radius 3 is 1.76 bits per heavy atom. The lowest BCUT2D eigenvalue weighted by Gasteiger charge is -2.45. The number of esters is 3. The molecule has 0 spiro atoms. The Bertz CT molecular complexity index is 1270. The lowest BCUT2D eigenvalue weighted by Crippen LogP contribution is -2.65. The molecule has 0 aromatic heterocycles. The van der Waals surface area contributed by atoms with Crippen LogP contribution in [0.4, 0.5) is 0 Å². The van der Waals surface area contributed by atoms with Gasteiger partial charge in [0, 0.05) is 20.8 Å². The molecule has 41 heavy (non-hydrogen) atoms. The number of rotatable bonds is 8. The van der Waals surface area contributed by atoms with Gasteiger partial charge in [-0.25, -0.2) is 8.42 Å². The number of nitrogens with zero attached hydrogens (tertiary/aromatic N) is 1. The van der Waals surface area contributed by atoms with E-state index in [1.54, 1.807) is 36.4 Å². The number of para-hydroxylation sites is 1. The summed E-state index contributed by atoms with van der Waals surface area (Å²) in [5.74, 6) is -1.32. The number of hydrogen-bond acceptors (Lipinski definition) is 11. The maximum atomic E-state index is 11.8. The van der Waals surface area contributed by atoms with Gasteiger partial charge in [-0.1, -0.05) is 35.9 Å². The van der Waals surface area contributed by atoms with Gasteiger partial charge in [-0.2, -0.15) is 0 Å². The van der Waals surface area contributed by atoms with Gasteiger partial charge < -0.3 is 32.7 Å². The summed E-state index contributed by atoms with van der Waals surface area (Å²) in [6.07, 6.45) is -4.99. The summed E-state index contributed by atoms with van der Waals surface area (Å²) >= 11 is 0. The van der Waals surface area contributed by atoms with Gasteiger partial charge in [-0.15, -0.1) is 0 Å². The van der Waals surface area contributed by atoms with Gasteiger partial charge in [0.05, 0.1) is 26.0 Å². The molecular formula is C28H37NO11S. The molecule has 0 radical (unpaired) electrons. The molecule has 1 saturated heterocycles. The number of hydrogen-bond donors (Lipinski definition) is 0. The summed E-state index contributed by atoms with van der Waals surface area (Å²) in [6.45, 7) is 5.94. The molecule has 2 aromatic rings. The number of ether oxygens (including phenoxy) is 5. The number of aryl methyl sites for hydroxylation is 1. The lowest BCUT2D eigenvalue weighted by molar-refractivity contribution is -0.874. The summed E-state index contributed by atoms with van der Waals surface area (Å²) in [4.78, 5) is 35.3. The van der Waals surface area contributed by atoms with E-state index >= 15 is 0 Å². The number of carbonyl (C=O) groups is 3. The third-order valence-corrected chi connectivity index (χ3v) is 6.38. The lowest BCUT2D eigenvalue weighted by atomic mass is 9.97. The molecule has 3 rings (SSSR count). The maximum absolute atomic E-state index is 11.8. The molecule has 0 aliphatic carbocycles. The van der Waals surface area contributed by atoms with E-state index < -0.39 is 58.7 Å². The predicted octanol–water partition coefficient (Wildman–Crippen LogP) is 2.19. The highest BCUT2D eigenvalue weighted by molar-refractivity contribution is 7.85. The van der Waals surface area contributed by atoms with Gasteiger partial charge >= 0.3 is 17.9 Å². The molecule has 5 atom stereocenters. The van der Waals surface area contributed by atoms with E-state index in [2.05, 4.69) is 0 Å². The van der Waals surface area contributed by atoms with Gasteiger partial charge in [0.2, 0.25) is 12.4 Å². The summed E-state index contributed by atoms with van der Waals surface area (Å²) in [6, 6.07) is 14.6. The van der Waals surface area contributed by atoms with Crippen molar-refractivity contribution in [1.29, 1.82) is 0 Å². The van der Waals surface area contributed by atoms with E-state index in [9.17, 15) is 27.4 Å². The van der Waals surface area contributed by atoms with Crippen molar-refractivity contribution in [2.75, 3.05) is 27.7 Å². The molecule has 1 aliphatic heterocycles. The molecule has 0 amide bonds. The van der Waals surface area contributed by atoms with Crippen molar-refractivity contribution in [2.45, 2.75) is 63.3 Å². The molecule has 0 bridgehead atoms. The second kappa shape index (κ2) is 14.4. The third-order valence-electron chi connectivity index (χ3n) is 5.53. The van der Waals surface area contributed by atoms with Crippen LogP contribution in [-0.2, 0) is 43.4 Å². The van der Waals surface area contributed by atoms with Gasteiger partial charge in [0.25, 0.3) is 0 Å². The Hall–Kier alpha value is -3.52. The Balaban J connectivity index is 0.000000446. The van der Waals surface area contributed by atoms with Crippen LogP contribution in [0.3, 0.4) is 0 Å². The van der Waals surface area contributed by atoms with Crippen LogP contribution in [0.1, 0.15) is 26.3 Å². The minimum Gasteiger partial charge on any atom is -0.744 e. The minimum atomic E-state index is -4.27. The molecule has 226 valence electrons. The smallest absolute Gasteiger partial charge is 0.303 e. The summed E-state index contributed by atoms with van der Waals surface area (Å²) in [5.41, 5.74) is 0.928. The van der Waals surface area contributed by atoms with E-state index in [0.717, 1.165) is 5.56 Å². The van der Waals surface area contributed by atoms with Crippen LogP contribution in [0.15, 0.2) is 59.5 Å². The zero-order chi connectivity index (χ0) is 31.0.